The summed E-state index contributed by atoms with van der Waals surface area (Å²) in [6, 6.07) is 8.42. The summed E-state index contributed by atoms with van der Waals surface area (Å²) in [5.41, 5.74) is 0.748. The van der Waals surface area contributed by atoms with Gasteiger partial charge in [0.2, 0.25) is 0 Å². The lowest BCUT2D eigenvalue weighted by Crippen LogP contribution is -2.43. The van der Waals surface area contributed by atoms with Crippen LogP contribution in [-0.4, -0.2) is 23.8 Å². The van der Waals surface area contributed by atoms with E-state index in [2.05, 4.69) is 52.2 Å². The lowest BCUT2D eigenvalue weighted by Gasteiger charge is -2.32. The van der Waals surface area contributed by atoms with Gasteiger partial charge in [0.05, 0.1) is 5.60 Å². The van der Waals surface area contributed by atoms with Crippen LogP contribution in [0, 0.1) is 3.57 Å². The summed E-state index contributed by atoms with van der Waals surface area (Å²) < 4.78 is 1.24. The van der Waals surface area contributed by atoms with Gasteiger partial charge in [-0.2, -0.15) is 0 Å². The summed E-state index contributed by atoms with van der Waals surface area (Å²) in [4.78, 5) is 0. The molecule has 1 aromatic carbocycles. The van der Waals surface area contributed by atoms with E-state index in [1.54, 1.807) is 0 Å². The third-order valence-corrected chi connectivity index (χ3v) is 3.70. The molecule has 82 valence electrons. The SMILES string of the molecule is OC1(Cc2ccc(I)cc2)CCNCC1. The molecular formula is C12H16INO. The molecule has 2 rings (SSSR count). The fourth-order valence-electron chi connectivity index (χ4n) is 2.05. The number of hydrogen-bond donors (Lipinski definition) is 2. The zero-order valence-electron chi connectivity index (χ0n) is 8.67. The number of hydrogen-bond acceptors (Lipinski definition) is 2. The van der Waals surface area contributed by atoms with Crippen LogP contribution in [-0.2, 0) is 6.42 Å². The first-order chi connectivity index (χ1) is 7.18. The maximum atomic E-state index is 10.4. The molecule has 0 amide bonds. The van der Waals surface area contributed by atoms with Gasteiger partial charge in [0.15, 0.2) is 0 Å². The van der Waals surface area contributed by atoms with Gasteiger partial charge in [-0.15, -0.1) is 0 Å². The van der Waals surface area contributed by atoms with Crippen LogP contribution < -0.4 is 5.32 Å². The second kappa shape index (κ2) is 4.80. The standard InChI is InChI=1S/C12H16INO/c13-11-3-1-10(2-4-11)9-12(15)5-7-14-8-6-12/h1-4,14-15H,5-9H2. The Balaban J connectivity index is 2.03. The van der Waals surface area contributed by atoms with Crippen molar-refractivity contribution < 1.29 is 5.11 Å². The number of aliphatic hydroxyl groups is 1. The van der Waals surface area contributed by atoms with Crippen LogP contribution in [0.3, 0.4) is 0 Å². The number of piperidine rings is 1. The molecule has 1 saturated heterocycles. The van der Waals surface area contributed by atoms with Gasteiger partial charge in [0.1, 0.15) is 0 Å². The average Bonchev–Trinajstić information content (AvgIpc) is 2.22. The van der Waals surface area contributed by atoms with Crippen LogP contribution in [0.1, 0.15) is 18.4 Å². The average molecular weight is 317 g/mol. The van der Waals surface area contributed by atoms with Crippen molar-refractivity contribution >= 4 is 22.6 Å². The van der Waals surface area contributed by atoms with Crippen LogP contribution in [0.5, 0.6) is 0 Å². The molecule has 2 N–H and O–H groups in total. The second-order valence-corrected chi connectivity index (χ2v) is 5.52. The summed E-state index contributed by atoms with van der Waals surface area (Å²) in [5.74, 6) is 0. The number of benzene rings is 1. The van der Waals surface area contributed by atoms with Gasteiger partial charge in [-0.1, -0.05) is 12.1 Å². The lowest BCUT2D eigenvalue weighted by molar-refractivity contribution is 0.0109. The Bertz CT molecular complexity index is 317. The highest BCUT2D eigenvalue weighted by Crippen LogP contribution is 2.23. The molecule has 0 aromatic heterocycles. The van der Waals surface area contributed by atoms with Gasteiger partial charge in [-0.3, -0.25) is 0 Å². The normalized spacial score (nSPS) is 20.1. The van der Waals surface area contributed by atoms with Crippen LogP contribution in [0.15, 0.2) is 24.3 Å². The number of rotatable bonds is 2. The fourth-order valence-corrected chi connectivity index (χ4v) is 2.41. The third kappa shape index (κ3) is 3.16. The van der Waals surface area contributed by atoms with Gasteiger partial charge >= 0.3 is 0 Å². The molecule has 2 nitrogen and oxygen atoms in total. The lowest BCUT2D eigenvalue weighted by atomic mass is 9.86. The first kappa shape index (κ1) is 11.4. The minimum atomic E-state index is -0.488. The maximum absolute atomic E-state index is 10.4. The molecule has 1 aliphatic heterocycles. The number of nitrogens with one attached hydrogen (secondary N) is 1. The van der Waals surface area contributed by atoms with E-state index in [-0.39, 0.29) is 0 Å². The predicted molar refractivity (Wildman–Crippen MR) is 69.9 cm³/mol. The van der Waals surface area contributed by atoms with Crippen molar-refractivity contribution in [1.29, 1.82) is 0 Å². The van der Waals surface area contributed by atoms with E-state index in [1.807, 2.05) is 0 Å². The van der Waals surface area contributed by atoms with Crippen molar-refractivity contribution in [1.82, 2.24) is 5.32 Å². The molecule has 0 radical (unpaired) electrons. The van der Waals surface area contributed by atoms with Crippen LogP contribution >= 0.6 is 22.6 Å². The molecule has 0 unspecified atom stereocenters. The molecule has 3 heteroatoms. The quantitative estimate of drug-likeness (QED) is 0.817. The Morgan fingerprint density at radius 2 is 1.80 bits per heavy atom. The van der Waals surface area contributed by atoms with Crippen molar-refractivity contribution in [2.45, 2.75) is 24.9 Å². The molecule has 1 aliphatic rings. The van der Waals surface area contributed by atoms with Crippen molar-refractivity contribution in [3.8, 4) is 0 Å². The fraction of sp³-hybridized carbons (Fsp3) is 0.500. The van der Waals surface area contributed by atoms with Crippen LogP contribution in [0.25, 0.3) is 0 Å². The van der Waals surface area contributed by atoms with Gasteiger partial charge in [-0.25, -0.2) is 0 Å². The highest BCUT2D eigenvalue weighted by atomic mass is 127. The molecule has 0 saturated carbocycles. The minimum Gasteiger partial charge on any atom is -0.389 e. The first-order valence-electron chi connectivity index (χ1n) is 5.36. The summed E-state index contributed by atoms with van der Waals surface area (Å²) >= 11 is 2.30. The van der Waals surface area contributed by atoms with E-state index in [4.69, 9.17) is 0 Å². The monoisotopic (exact) mass is 317 g/mol. The van der Waals surface area contributed by atoms with Crippen LogP contribution in [0.4, 0.5) is 0 Å². The van der Waals surface area contributed by atoms with Gasteiger partial charge in [0.25, 0.3) is 0 Å². The molecule has 1 heterocycles. The van der Waals surface area contributed by atoms with Crippen molar-refractivity contribution in [2.24, 2.45) is 0 Å². The topological polar surface area (TPSA) is 32.3 Å². The third-order valence-electron chi connectivity index (χ3n) is 2.98. The highest BCUT2D eigenvalue weighted by Gasteiger charge is 2.28. The Kier molecular flexibility index (Phi) is 3.64. The minimum absolute atomic E-state index is 0.488. The Hall–Kier alpha value is -0.130. The Morgan fingerprint density at radius 3 is 2.40 bits per heavy atom. The van der Waals surface area contributed by atoms with Gasteiger partial charge in [0, 0.05) is 9.99 Å². The first-order valence-corrected chi connectivity index (χ1v) is 6.43. The zero-order chi connectivity index (χ0) is 10.7. The molecule has 0 bridgehead atoms. The largest absolute Gasteiger partial charge is 0.389 e. The summed E-state index contributed by atoms with van der Waals surface area (Å²) in [7, 11) is 0. The smallest absolute Gasteiger partial charge is 0.0712 e. The van der Waals surface area contributed by atoms with Gasteiger partial charge < -0.3 is 10.4 Å². The molecule has 1 fully saturated rings. The number of halogens is 1. The Morgan fingerprint density at radius 1 is 1.20 bits per heavy atom. The molecule has 0 atom stereocenters. The van der Waals surface area contributed by atoms with E-state index in [0.717, 1.165) is 32.4 Å². The summed E-state index contributed by atoms with van der Waals surface area (Å²) in [5, 5.41) is 13.6. The van der Waals surface area contributed by atoms with E-state index in [9.17, 15) is 5.11 Å². The zero-order valence-corrected chi connectivity index (χ0v) is 10.8. The van der Waals surface area contributed by atoms with Crippen LogP contribution in [0.2, 0.25) is 0 Å². The molecule has 0 aliphatic carbocycles. The predicted octanol–water partition coefficient (Wildman–Crippen LogP) is 1.95. The van der Waals surface area contributed by atoms with Crippen molar-refractivity contribution in [2.75, 3.05) is 13.1 Å². The van der Waals surface area contributed by atoms with E-state index < -0.39 is 5.60 Å². The Labute approximate surface area is 104 Å². The van der Waals surface area contributed by atoms with E-state index in [0.29, 0.717) is 0 Å². The molecule has 1 aromatic rings. The summed E-state index contributed by atoms with van der Waals surface area (Å²) in [6.45, 7) is 1.86. The van der Waals surface area contributed by atoms with E-state index in [1.165, 1.54) is 9.13 Å². The van der Waals surface area contributed by atoms with Gasteiger partial charge in [-0.05, 0) is 66.2 Å². The van der Waals surface area contributed by atoms with E-state index >= 15 is 0 Å². The maximum Gasteiger partial charge on any atom is 0.0712 e. The molecule has 0 spiro atoms. The second-order valence-electron chi connectivity index (χ2n) is 4.28. The van der Waals surface area contributed by atoms with Crippen molar-refractivity contribution in [3.05, 3.63) is 33.4 Å². The highest BCUT2D eigenvalue weighted by molar-refractivity contribution is 14.1. The summed E-state index contributed by atoms with van der Waals surface area (Å²) in [6.07, 6.45) is 2.50. The molecule has 15 heavy (non-hydrogen) atoms. The van der Waals surface area contributed by atoms with Crippen molar-refractivity contribution in [3.63, 3.8) is 0 Å². The molecular weight excluding hydrogens is 301 g/mol.